The molecule has 0 fully saturated rings. The predicted molar refractivity (Wildman–Crippen MR) is 56.5 cm³/mol. The van der Waals surface area contributed by atoms with Crippen LogP contribution in [0.4, 0.5) is 0 Å². The Bertz CT molecular complexity index is 455. The summed E-state index contributed by atoms with van der Waals surface area (Å²) in [5.74, 6) is 1.21. The van der Waals surface area contributed by atoms with Crippen molar-refractivity contribution >= 4 is 11.6 Å². The maximum atomic E-state index is 5.76. The molecule has 4 nitrogen and oxygen atoms in total. The highest BCUT2D eigenvalue weighted by Gasteiger charge is 2.08. The number of rotatable bonds is 3. The van der Waals surface area contributed by atoms with Crippen molar-refractivity contribution in [1.29, 1.82) is 0 Å². The average Bonchev–Trinajstić information content (AvgIpc) is 2.67. The van der Waals surface area contributed by atoms with E-state index < -0.39 is 0 Å². The average molecular weight is 224 g/mol. The minimum absolute atomic E-state index is 0.419. The van der Waals surface area contributed by atoms with Gasteiger partial charge in [0.15, 0.2) is 5.82 Å². The Morgan fingerprint density at radius 3 is 3.07 bits per heavy atom. The van der Waals surface area contributed by atoms with Gasteiger partial charge in [-0.1, -0.05) is 23.7 Å². The van der Waals surface area contributed by atoms with Crippen molar-refractivity contribution in [2.24, 2.45) is 0 Å². The molecule has 2 aromatic heterocycles. The number of aromatic nitrogens is 3. The van der Waals surface area contributed by atoms with Crippen molar-refractivity contribution in [3.8, 4) is 11.5 Å². The van der Waals surface area contributed by atoms with Gasteiger partial charge in [-0.05, 0) is 18.6 Å². The topological polar surface area (TPSA) is 51.8 Å². The normalized spacial score (nSPS) is 10.5. The molecule has 0 bridgehead atoms. The van der Waals surface area contributed by atoms with Gasteiger partial charge < -0.3 is 4.52 Å². The molecule has 0 aromatic carbocycles. The first-order valence-electron chi connectivity index (χ1n) is 4.74. The van der Waals surface area contributed by atoms with Gasteiger partial charge in [0, 0.05) is 18.2 Å². The van der Waals surface area contributed by atoms with Gasteiger partial charge in [0.25, 0.3) is 5.89 Å². The minimum atomic E-state index is 0.419. The number of halogens is 1. The highest BCUT2D eigenvalue weighted by atomic mass is 35.5. The largest absolute Gasteiger partial charge is 0.334 e. The summed E-state index contributed by atoms with van der Waals surface area (Å²) >= 11 is 5.76. The molecule has 0 saturated carbocycles. The summed E-state index contributed by atoms with van der Waals surface area (Å²) in [7, 11) is 0. The molecule has 0 saturated heterocycles. The zero-order valence-corrected chi connectivity index (χ0v) is 9.03. The van der Waals surface area contributed by atoms with Crippen LogP contribution in [0.25, 0.3) is 11.5 Å². The molecule has 0 N–H and O–H groups in total. The van der Waals surface area contributed by atoms with Crippen LogP contribution in [0.2, 0.25) is 5.15 Å². The van der Waals surface area contributed by atoms with E-state index in [2.05, 4.69) is 22.0 Å². The number of hydrogen-bond donors (Lipinski definition) is 0. The van der Waals surface area contributed by atoms with Gasteiger partial charge in [-0.2, -0.15) is 4.98 Å². The second kappa shape index (κ2) is 4.40. The Morgan fingerprint density at radius 2 is 2.33 bits per heavy atom. The van der Waals surface area contributed by atoms with Crippen molar-refractivity contribution in [1.82, 2.24) is 15.1 Å². The zero-order chi connectivity index (χ0) is 10.7. The molecule has 0 amide bonds. The lowest BCUT2D eigenvalue weighted by molar-refractivity contribution is 0.422. The van der Waals surface area contributed by atoms with Crippen LogP contribution in [0.1, 0.15) is 19.2 Å². The Morgan fingerprint density at radius 1 is 1.47 bits per heavy atom. The van der Waals surface area contributed by atoms with Crippen molar-refractivity contribution in [2.75, 3.05) is 0 Å². The van der Waals surface area contributed by atoms with E-state index in [-0.39, 0.29) is 0 Å². The van der Waals surface area contributed by atoms with E-state index in [1.165, 1.54) is 0 Å². The Kier molecular flexibility index (Phi) is 2.97. The fraction of sp³-hybridized carbons (Fsp3) is 0.300. The molecule has 15 heavy (non-hydrogen) atoms. The van der Waals surface area contributed by atoms with Gasteiger partial charge in [-0.3, -0.25) is 0 Å². The summed E-state index contributed by atoms with van der Waals surface area (Å²) in [5.41, 5.74) is 0.796. The second-order valence-electron chi connectivity index (χ2n) is 3.13. The van der Waals surface area contributed by atoms with E-state index >= 15 is 0 Å². The molecule has 0 aliphatic rings. The first kappa shape index (κ1) is 10.1. The lowest BCUT2D eigenvalue weighted by Crippen LogP contribution is -1.85. The Hall–Kier alpha value is -1.42. The highest BCUT2D eigenvalue weighted by Crippen LogP contribution is 2.19. The van der Waals surface area contributed by atoms with Crippen molar-refractivity contribution in [2.45, 2.75) is 19.8 Å². The molecular weight excluding hydrogens is 214 g/mol. The molecule has 2 rings (SSSR count). The van der Waals surface area contributed by atoms with E-state index in [1.54, 1.807) is 18.3 Å². The van der Waals surface area contributed by atoms with E-state index in [4.69, 9.17) is 16.1 Å². The summed E-state index contributed by atoms with van der Waals surface area (Å²) in [4.78, 5) is 8.13. The number of hydrogen-bond acceptors (Lipinski definition) is 4. The molecule has 0 spiro atoms. The fourth-order valence-electron chi connectivity index (χ4n) is 1.23. The van der Waals surface area contributed by atoms with Crippen molar-refractivity contribution < 1.29 is 4.52 Å². The number of aryl methyl sites for hydroxylation is 1. The number of nitrogens with zero attached hydrogens (tertiary/aromatic N) is 3. The first-order valence-corrected chi connectivity index (χ1v) is 5.12. The van der Waals surface area contributed by atoms with E-state index in [0.717, 1.165) is 24.2 Å². The third kappa shape index (κ3) is 2.33. The second-order valence-corrected chi connectivity index (χ2v) is 3.52. The molecule has 5 heteroatoms. The predicted octanol–water partition coefficient (Wildman–Crippen LogP) is 2.74. The minimum Gasteiger partial charge on any atom is -0.334 e. The van der Waals surface area contributed by atoms with Crippen LogP contribution >= 0.6 is 11.6 Å². The zero-order valence-electron chi connectivity index (χ0n) is 8.27. The van der Waals surface area contributed by atoms with E-state index in [1.807, 2.05) is 0 Å². The van der Waals surface area contributed by atoms with Crippen LogP contribution in [-0.2, 0) is 6.42 Å². The standard InChI is InChI=1S/C10H10ClN3O/c1-2-3-9-13-10(15-14-9)7-4-5-12-8(11)6-7/h4-6H,2-3H2,1H3. The maximum absolute atomic E-state index is 5.76. The summed E-state index contributed by atoms with van der Waals surface area (Å²) in [5, 5.41) is 4.28. The molecule has 0 aliphatic carbocycles. The molecule has 2 heterocycles. The van der Waals surface area contributed by atoms with Crippen LogP contribution < -0.4 is 0 Å². The summed E-state index contributed by atoms with van der Waals surface area (Å²) < 4.78 is 5.11. The van der Waals surface area contributed by atoms with Gasteiger partial charge in [0.05, 0.1) is 0 Å². The summed E-state index contributed by atoms with van der Waals surface area (Å²) in [6, 6.07) is 3.49. The fourth-order valence-corrected chi connectivity index (χ4v) is 1.41. The van der Waals surface area contributed by atoms with Crippen LogP contribution in [0, 0.1) is 0 Å². The SMILES string of the molecule is CCCc1noc(-c2ccnc(Cl)c2)n1. The van der Waals surface area contributed by atoms with Crippen LogP contribution in [-0.4, -0.2) is 15.1 Å². The maximum Gasteiger partial charge on any atom is 0.258 e. The third-order valence-corrected chi connectivity index (χ3v) is 2.12. The molecule has 0 aliphatic heterocycles. The van der Waals surface area contributed by atoms with Crippen LogP contribution in [0.5, 0.6) is 0 Å². The Balaban J connectivity index is 2.29. The molecule has 2 aromatic rings. The van der Waals surface area contributed by atoms with Gasteiger partial charge in [0.1, 0.15) is 5.15 Å². The van der Waals surface area contributed by atoms with Crippen LogP contribution in [0.3, 0.4) is 0 Å². The lowest BCUT2D eigenvalue weighted by atomic mass is 10.3. The van der Waals surface area contributed by atoms with Gasteiger partial charge >= 0.3 is 0 Å². The monoisotopic (exact) mass is 223 g/mol. The third-order valence-electron chi connectivity index (χ3n) is 1.92. The quantitative estimate of drug-likeness (QED) is 0.751. The van der Waals surface area contributed by atoms with Crippen LogP contribution in [0.15, 0.2) is 22.9 Å². The molecule has 0 unspecified atom stereocenters. The van der Waals surface area contributed by atoms with Gasteiger partial charge in [-0.25, -0.2) is 4.98 Å². The number of pyridine rings is 1. The summed E-state index contributed by atoms with van der Waals surface area (Å²) in [6.45, 7) is 2.07. The molecule has 78 valence electrons. The Labute approximate surface area is 92.3 Å². The highest BCUT2D eigenvalue weighted by molar-refractivity contribution is 6.29. The lowest BCUT2D eigenvalue weighted by Gasteiger charge is -1.92. The smallest absolute Gasteiger partial charge is 0.258 e. The molecular formula is C10H10ClN3O. The first-order chi connectivity index (χ1) is 7.29. The van der Waals surface area contributed by atoms with Crippen molar-refractivity contribution in [3.05, 3.63) is 29.3 Å². The van der Waals surface area contributed by atoms with Gasteiger partial charge in [-0.15, -0.1) is 0 Å². The van der Waals surface area contributed by atoms with Crippen molar-refractivity contribution in [3.63, 3.8) is 0 Å². The molecule has 0 radical (unpaired) electrons. The van der Waals surface area contributed by atoms with E-state index in [9.17, 15) is 0 Å². The molecule has 0 atom stereocenters. The van der Waals surface area contributed by atoms with Gasteiger partial charge in [0.2, 0.25) is 0 Å². The van der Waals surface area contributed by atoms with E-state index in [0.29, 0.717) is 11.0 Å². The summed E-state index contributed by atoms with van der Waals surface area (Å²) in [6.07, 6.45) is 3.43.